The molecule has 0 aliphatic heterocycles. The van der Waals surface area contributed by atoms with E-state index in [4.69, 9.17) is 28.3 Å². The Morgan fingerprint density at radius 2 is 2.15 bits per heavy atom. The van der Waals surface area contributed by atoms with Gasteiger partial charge in [0.05, 0.1) is 10.6 Å². The summed E-state index contributed by atoms with van der Waals surface area (Å²) < 4.78 is 14.1. The van der Waals surface area contributed by atoms with Gasteiger partial charge in [0.25, 0.3) is 0 Å². The van der Waals surface area contributed by atoms with Crippen LogP contribution in [0, 0.1) is 17.1 Å². The van der Waals surface area contributed by atoms with Gasteiger partial charge in [-0.05, 0) is 54.7 Å². The first-order valence-electron chi connectivity index (χ1n) is 8.27. The van der Waals surface area contributed by atoms with Crippen LogP contribution in [0.25, 0.3) is 5.70 Å². The summed E-state index contributed by atoms with van der Waals surface area (Å²) in [7, 11) is 0. The fourth-order valence-corrected chi connectivity index (χ4v) is 3.51. The number of hydrogen-bond acceptors (Lipinski definition) is 4. The van der Waals surface area contributed by atoms with Gasteiger partial charge in [-0.15, -0.1) is 0 Å². The molecule has 2 aromatic rings. The van der Waals surface area contributed by atoms with Gasteiger partial charge >= 0.3 is 0 Å². The quantitative estimate of drug-likeness (QED) is 0.848. The lowest BCUT2D eigenvalue weighted by Crippen LogP contribution is -2.18. The van der Waals surface area contributed by atoms with Crippen molar-refractivity contribution < 1.29 is 4.39 Å². The molecule has 0 saturated heterocycles. The van der Waals surface area contributed by atoms with Crippen LogP contribution in [0.5, 0.6) is 0 Å². The lowest BCUT2D eigenvalue weighted by atomic mass is 9.83. The number of benzene rings is 1. The van der Waals surface area contributed by atoms with Crippen LogP contribution in [0.4, 0.5) is 4.39 Å². The van der Waals surface area contributed by atoms with Gasteiger partial charge in [0, 0.05) is 23.5 Å². The molecule has 0 radical (unpaired) electrons. The summed E-state index contributed by atoms with van der Waals surface area (Å²) >= 11 is 6.09. The standard InChI is InChI=1S/C20H18ClFN4/c21-16-5-2-6-17(22)19(16)18(24)9-12-3-1-4-15(20(12)25)13-7-8-14(10-23)26-11-13/h2,5-9,11,15H,1,3-4,24-25H2/b18-9-. The number of allylic oxidation sites excluding steroid dienone is 3. The normalized spacial score (nSPS) is 17.9. The maximum Gasteiger partial charge on any atom is 0.140 e. The van der Waals surface area contributed by atoms with E-state index in [1.165, 1.54) is 12.1 Å². The van der Waals surface area contributed by atoms with E-state index in [-0.39, 0.29) is 22.2 Å². The second-order valence-electron chi connectivity index (χ2n) is 6.21. The molecule has 0 bridgehead atoms. The number of halogens is 2. The summed E-state index contributed by atoms with van der Waals surface area (Å²) in [6.45, 7) is 0. The minimum atomic E-state index is -0.464. The van der Waals surface area contributed by atoms with E-state index in [2.05, 4.69) is 4.98 Å². The number of rotatable bonds is 3. The molecule has 1 aliphatic carbocycles. The van der Waals surface area contributed by atoms with Crippen LogP contribution in [0.1, 0.15) is 42.0 Å². The lowest BCUT2D eigenvalue weighted by Gasteiger charge is -2.25. The highest BCUT2D eigenvalue weighted by Gasteiger charge is 2.22. The van der Waals surface area contributed by atoms with E-state index in [0.717, 1.165) is 30.4 Å². The smallest absolute Gasteiger partial charge is 0.140 e. The fraction of sp³-hybridized carbons (Fsp3) is 0.200. The number of nitrogens with zero attached hydrogens (tertiary/aromatic N) is 2. The molecule has 4 N–H and O–H groups in total. The molecule has 3 rings (SSSR count). The van der Waals surface area contributed by atoms with Gasteiger partial charge in [0.2, 0.25) is 0 Å². The highest BCUT2D eigenvalue weighted by atomic mass is 35.5. The van der Waals surface area contributed by atoms with Crippen molar-refractivity contribution in [3.63, 3.8) is 0 Å². The van der Waals surface area contributed by atoms with Gasteiger partial charge < -0.3 is 11.5 Å². The van der Waals surface area contributed by atoms with Crippen molar-refractivity contribution in [2.75, 3.05) is 0 Å². The largest absolute Gasteiger partial charge is 0.401 e. The van der Waals surface area contributed by atoms with Gasteiger partial charge in [0.1, 0.15) is 17.6 Å². The summed E-state index contributed by atoms with van der Waals surface area (Å²) in [6, 6.07) is 10.0. The number of nitriles is 1. The highest BCUT2D eigenvalue weighted by molar-refractivity contribution is 6.32. The minimum absolute atomic E-state index is 0.000801. The Morgan fingerprint density at radius 1 is 1.35 bits per heavy atom. The Labute approximate surface area is 156 Å². The van der Waals surface area contributed by atoms with Gasteiger partial charge in [-0.25, -0.2) is 9.37 Å². The van der Waals surface area contributed by atoms with Crippen molar-refractivity contribution in [3.05, 3.63) is 81.5 Å². The van der Waals surface area contributed by atoms with Crippen molar-refractivity contribution in [3.8, 4) is 6.07 Å². The molecule has 0 amide bonds. The Balaban J connectivity index is 1.97. The molecule has 1 aromatic heterocycles. The Morgan fingerprint density at radius 3 is 2.81 bits per heavy atom. The molecule has 1 aliphatic rings. The second kappa shape index (κ2) is 7.59. The third-order valence-corrected chi connectivity index (χ3v) is 4.88. The van der Waals surface area contributed by atoms with Crippen LogP contribution in [-0.2, 0) is 0 Å². The summed E-state index contributed by atoms with van der Waals surface area (Å²) in [5, 5.41) is 9.14. The fourth-order valence-electron chi connectivity index (χ4n) is 3.23. The third kappa shape index (κ3) is 3.56. The Kier molecular flexibility index (Phi) is 5.24. The minimum Gasteiger partial charge on any atom is -0.401 e. The van der Waals surface area contributed by atoms with Crippen LogP contribution in [0.2, 0.25) is 5.02 Å². The summed E-state index contributed by atoms with van der Waals surface area (Å²) in [6.07, 6.45) is 5.97. The monoisotopic (exact) mass is 368 g/mol. The zero-order valence-electron chi connectivity index (χ0n) is 14.0. The van der Waals surface area contributed by atoms with Gasteiger partial charge in [-0.2, -0.15) is 5.26 Å². The van der Waals surface area contributed by atoms with E-state index < -0.39 is 5.82 Å². The maximum atomic E-state index is 14.1. The van der Waals surface area contributed by atoms with Crippen LogP contribution in [-0.4, -0.2) is 4.98 Å². The van der Waals surface area contributed by atoms with E-state index in [1.807, 2.05) is 12.1 Å². The van der Waals surface area contributed by atoms with E-state index >= 15 is 0 Å². The van der Waals surface area contributed by atoms with Crippen molar-refractivity contribution in [1.29, 1.82) is 5.26 Å². The SMILES string of the molecule is N#Cc1ccc(C2CCCC(/C=C(\N)c3c(F)cccc3Cl)=C2N)cn1. The number of hydrogen-bond donors (Lipinski definition) is 2. The van der Waals surface area contributed by atoms with Gasteiger partial charge in [-0.1, -0.05) is 23.7 Å². The molecule has 1 heterocycles. The zero-order chi connectivity index (χ0) is 18.7. The number of aromatic nitrogens is 1. The first-order chi connectivity index (χ1) is 12.5. The second-order valence-corrected chi connectivity index (χ2v) is 6.62. The number of pyridine rings is 1. The first kappa shape index (κ1) is 18.0. The maximum absolute atomic E-state index is 14.1. The average Bonchev–Trinajstić information content (AvgIpc) is 2.63. The molecule has 1 unspecified atom stereocenters. The van der Waals surface area contributed by atoms with Crippen molar-refractivity contribution in [2.24, 2.45) is 11.5 Å². The topological polar surface area (TPSA) is 88.7 Å². The Bertz CT molecular complexity index is 906. The number of nitrogens with two attached hydrogens (primary N) is 2. The van der Waals surface area contributed by atoms with Crippen LogP contribution in [0.15, 0.2) is 53.9 Å². The van der Waals surface area contributed by atoms with E-state index in [1.54, 1.807) is 24.4 Å². The molecular formula is C20H18ClFN4. The molecule has 4 nitrogen and oxygen atoms in total. The van der Waals surface area contributed by atoms with Crippen molar-refractivity contribution >= 4 is 17.3 Å². The van der Waals surface area contributed by atoms with Crippen molar-refractivity contribution in [2.45, 2.75) is 25.2 Å². The summed E-state index contributed by atoms with van der Waals surface area (Å²) in [4.78, 5) is 4.12. The molecule has 0 fully saturated rings. The molecule has 0 saturated carbocycles. The zero-order valence-corrected chi connectivity index (χ0v) is 14.8. The van der Waals surface area contributed by atoms with Gasteiger partial charge in [-0.3, -0.25) is 0 Å². The molecule has 0 spiro atoms. The van der Waals surface area contributed by atoms with Crippen molar-refractivity contribution in [1.82, 2.24) is 4.98 Å². The molecule has 26 heavy (non-hydrogen) atoms. The molecule has 1 aromatic carbocycles. The van der Waals surface area contributed by atoms with E-state index in [9.17, 15) is 4.39 Å². The third-order valence-electron chi connectivity index (χ3n) is 4.57. The molecular weight excluding hydrogens is 351 g/mol. The summed E-state index contributed by atoms with van der Waals surface area (Å²) in [5.74, 6) is -0.465. The molecule has 6 heteroatoms. The first-order valence-corrected chi connectivity index (χ1v) is 8.65. The van der Waals surface area contributed by atoms with Crippen LogP contribution in [0.3, 0.4) is 0 Å². The van der Waals surface area contributed by atoms with E-state index in [0.29, 0.717) is 11.4 Å². The lowest BCUT2D eigenvalue weighted by molar-refractivity contribution is 0.601. The summed E-state index contributed by atoms with van der Waals surface area (Å²) in [5.41, 5.74) is 15.8. The predicted molar refractivity (Wildman–Crippen MR) is 100 cm³/mol. The highest BCUT2D eigenvalue weighted by Crippen LogP contribution is 2.36. The predicted octanol–water partition coefficient (Wildman–Crippen LogP) is 4.23. The van der Waals surface area contributed by atoms with Crippen LogP contribution >= 0.6 is 11.6 Å². The van der Waals surface area contributed by atoms with Crippen LogP contribution < -0.4 is 11.5 Å². The Hall–Kier alpha value is -2.84. The molecule has 1 atom stereocenters. The average molecular weight is 369 g/mol. The molecule has 132 valence electrons. The van der Waals surface area contributed by atoms with Gasteiger partial charge in [0.15, 0.2) is 0 Å².